The molecule has 9 N–H and O–H groups in total. The van der Waals surface area contributed by atoms with Gasteiger partial charge in [0.25, 0.3) is 0 Å². The van der Waals surface area contributed by atoms with Gasteiger partial charge in [0.15, 0.2) is 5.78 Å². The van der Waals surface area contributed by atoms with Crippen molar-refractivity contribution in [2.24, 2.45) is 35.1 Å². The van der Waals surface area contributed by atoms with Crippen LogP contribution in [0, 0.1) is 27.2 Å². The summed E-state index contributed by atoms with van der Waals surface area (Å²) in [6, 6.07) is 38.4. The Morgan fingerprint density at radius 3 is 1.03 bits per heavy atom. The Hall–Kier alpha value is -6.84. The number of esters is 1. The molecule has 5 aromatic carbocycles. The summed E-state index contributed by atoms with van der Waals surface area (Å²) >= 11 is 11.1. The van der Waals surface area contributed by atoms with Crippen molar-refractivity contribution in [1.82, 2.24) is 10.6 Å². The fourth-order valence-corrected chi connectivity index (χ4v) is 27.2. The number of hydrogen-bond acceptors (Lipinski definition) is 30. The number of nitrogens with two attached hydrogens (primary N) is 2. The number of nitrogens with one attached hydrogen (secondary N) is 2. The Morgan fingerprint density at radius 2 is 0.752 bits per heavy atom. The second-order valence-corrected chi connectivity index (χ2v) is 50.7. The molecule has 0 radical (unpaired) electrons. The van der Waals surface area contributed by atoms with E-state index in [-0.39, 0.29) is 60.9 Å². The first-order valence-electron chi connectivity index (χ1n) is 49.2. The zero-order chi connectivity index (χ0) is 105. The van der Waals surface area contributed by atoms with Gasteiger partial charge in [-0.2, -0.15) is 0 Å². The number of ether oxygens (including phenoxy) is 7. The Balaban J connectivity index is 0. The molecule has 0 aromatic heterocycles. The molecule has 3 atom stereocenters. The van der Waals surface area contributed by atoms with E-state index in [9.17, 15) is 63.3 Å². The number of benzene rings is 5. The second-order valence-electron chi connectivity index (χ2n) is 38.6. The fourth-order valence-electron chi connectivity index (χ4n) is 14.9. The van der Waals surface area contributed by atoms with Crippen molar-refractivity contribution in [2.45, 2.75) is 367 Å². The zero-order valence-corrected chi connectivity index (χ0v) is 94.5. The largest absolute Gasteiger partial charge is 0.519 e. The van der Waals surface area contributed by atoms with Gasteiger partial charge < -0.3 is 70.6 Å². The van der Waals surface area contributed by atoms with Crippen LogP contribution >= 0.6 is 101 Å². The van der Waals surface area contributed by atoms with Crippen LogP contribution in [0.15, 0.2) is 141 Å². The average molecular weight is 2290 g/mol. The van der Waals surface area contributed by atoms with Gasteiger partial charge in [-0.1, -0.05) is 148 Å². The molecule has 1 saturated heterocycles. The van der Waals surface area contributed by atoms with E-state index in [0.717, 1.165) is 79.9 Å². The molecule has 36 heteroatoms. The summed E-state index contributed by atoms with van der Waals surface area (Å²) in [6.45, 7) is 31.5. The van der Waals surface area contributed by atoms with Crippen LogP contribution in [0.1, 0.15) is 363 Å². The van der Waals surface area contributed by atoms with Gasteiger partial charge in [0.2, 0.25) is 0 Å². The Kier molecular flexibility index (Phi) is 73.3. The van der Waals surface area contributed by atoms with E-state index >= 15 is 0 Å². The molecule has 11 rings (SSSR count). The normalized spacial score (nSPS) is 16.0. The van der Waals surface area contributed by atoms with Crippen LogP contribution in [-0.4, -0.2) is 172 Å². The molecule has 6 aliphatic rings. The van der Waals surface area contributed by atoms with E-state index in [2.05, 4.69) is 62.6 Å². The minimum absolute atomic E-state index is 0. The van der Waals surface area contributed by atoms with Crippen molar-refractivity contribution < 1.29 is 109 Å². The number of fused-ring (bicyclic) bond motifs is 1. The van der Waals surface area contributed by atoms with Crippen molar-refractivity contribution in [3.8, 4) is 0 Å². The van der Waals surface area contributed by atoms with Gasteiger partial charge in [0, 0.05) is 87.8 Å². The first-order chi connectivity index (χ1) is 66.6. The predicted octanol–water partition coefficient (Wildman–Crippen LogP) is 28.2. The predicted molar refractivity (Wildman–Crippen MR) is 599 cm³/mol. The standard InChI is InChI=1S/2C21H33NO3S.C16H25NOS.C16H23NOS.C13H13IO8.C10H18O5.C4H8O2.C4H8O.CH2Cl2.3CH4.ClH/c2*1-21(2,3)25-20(24)22-13-12-19(23)17-10-7-11-18(14-17)26-15-16-8-5-4-6-9-16;2*17-10-9-16(18)14-7-4-8-15(11-14)19-12-13-5-2-1-3-6-13;1-8(15)19-14(20-9(2)16,21-10(3)17)12-7-5-4-6-11(12)13(18)22-14;1-9(2,3)14-7(11)13-8(12)15-10(4,5)6;1-3-6-4(2)5;1-2-4-5-3-1;2-1-3;;;;/h2*7,10-11,14,16,19,23H,4-6,8-9,12-13,15H2,1-3H3,(H,22,24);4,7-8,11,13,16,18H,1-3,5-6,9-10,12,17H2;4,7-8,11,13H,1-3,5-6,9-10,12,17H2;4-7H,1-3H3;1-6H3;3H2,1-2H3;1-4H2;1H2;3*1H4;1H. The molecular formula is C109H176Cl3IN4O24S4. The SMILES string of the molecule is C.C.C.C1CCOC1.CC(=O)OI1(OC(C)=O)(OC(C)=O)OC(=O)c2ccccc21.CC(C)(C)OC(=O)NCCC(O)c1cccc(SCC2CCCCC2)c1.CC(C)(C)OC(=O)NCCC(O)c1cccc(SCC2CCCCC2)c1.CC(C)(C)OC(=O)OC(=O)OC(C)(C)C.CCOC(C)=O.Cl.ClCCl.NCCC(=O)c1cccc(SCC2CCCCC2)c1.NCCC(O)c1cccc(SCC2CCCCC2)c1. The third kappa shape index (κ3) is 63.8. The third-order valence-corrected chi connectivity index (χ3v) is 34.2. The molecule has 2 aliphatic heterocycles. The minimum Gasteiger partial charge on any atom is -0.466 e. The summed E-state index contributed by atoms with van der Waals surface area (Å²) in [5.74, 6) is 4.46. The monoisotopic (exact) mass is 2280 g/mol. The number of aliphatic hydroxyl groups excluding tert-OH is 3. The second kappa shape index (κ2) is 75.8. The van der Waals surface area contributed by atoms with Gasteiger partial charge in [-0.3, -0.25) is 9.59 Å². The van der Waals surface area contributed by atoms with Gasteiger partial charge in [-0.15, -0.1) is 82.7 Å². The Labute approximate surface area is 903 Å². The number of hydrogen-bond donors (Lipinski definition) is 7. The maximum atomic E-state index is 12.1. The number of amides is 2. The van der Waals surface area contributed by atoms with Crippen LogP contribution < -0.4 is 22.1 Å². The molecule has 2 amide bonds. The summed E-state index contributed by atoms with van der Waals surface area (Å²) < 4.78 is 54.0. The molecule has 5 aromatic rings. The number of ketones is 1. The van der Waals surface area contributed by atoms with Crippen LogP contribution in [0.3, 0.4) is 0 Å². The van der Waals surface area contributed by atoms with E-state index in [1.807, 2.05) is 143 Å². The summed E-state index contributed by atoms with van der Waals surface area (Å²) in [6.07, 6.45) is 27.6. The van der Waals surface area contributed by atoms with Crippen molar-refractivity contribution >= 4 is 161 Å². The number of carbonyl (C=O) groups excluding carboxylic acids is 10. The maximum Gasteiger partial charge on any atom is 0.519 e. The van der Waals surface area contributed by atoms with E-state index in [1.54, 1.807) is 54.5 Å². The minimum atomic E-state index is -6.03. The first-order valence-corrected chi connectivity index (χ1v) is 58.9. The van der Waals surface area contributed by atoms with Gasteiger partial charge in [-0.25, -0.2) is 19.2 Å². The number of carbonyl (C=O) groups is 10. The number of thioether (sulfide) groups is 4. The summed E-state index contributed by atoms with van der Waals surface area (Å²) in [5.41, 5.74) is 12.2. The quantitative estimate of drug-likeness (QED) is 0.00427. The summed E-state index contributed by atoms with van der Waals surface area (Å²) in [5, 5.41) is 36.4. The Morgan fingerprint density at radius 1 is 0.434 bits per heavy atom. The molecule has 3 unspecified atom stereocenters. The number of Topliss-reactive ketones (excluding diaryl/α,β-unsaturated/α-hetero) is 1. The van der Waals surface area contributed by atoms with Crippen molar-refractivity contribution in [3.63, 3.8) is 0 Å². The van der Waals surface area contributed by atoms with Crippen molar-refractivity contribution in [2.75, 3.05) is 74.4 Å². The van der Waals surface area contributed by atoms with Crippen LogP contribution in [0.5, 0.6) is 0 Å². The molecule has 5 fully saturated rings. The van der Waals surface area contributed by atoms with Gasteiger partial charge in [0.05, 0.1) is 30.3 Å². The maximum absolute atomic E-state index is 12.1. The van der Waals surface area contributed by atoms with E-state index in [1.165, 1.54) is 209 Å². The fraction of sp³-hybridized carbons (Fsp3) is 0.633. The average Bonchev–Trinajstić information content (AvgIpc) is 1.54. The molecule has 2 heterocycles. The number of alkyl carbamates (subject to hydrolysis) is 2. The number of halogens is 4. The van der Waals surface area contributed by atoms with Crippen LogP contribution in [0.25, 0.3) is 0 Å². The smallest absolute Gasteiger partial charge is 0.466 e. The molecule has 4 aliphatic carbocycles. The number of aliphatic hydroxyl groups is 3. The molecular weight excluding hydrogens is 2110 g/mol. The van der Waals surface area contributed by atoms with E-state index in [0.29, 0.717) is 58.5 Å². The number of alkyl halides is 2. The van der Waals surface area contributed by atoms with E-state index in [4.69, 9.17) is 70.6 Å². The molecule has 0 bridgehead atoms. The van der Waals surface area contributed by atoms with Crippen molar-refractivity contribution in [1.29, 1.82) is 0 Å². The Bertz CT molecular complexity index is 4320. The topological polar surface area (TPSA) is 409 Å². The molecule has 828 valence electrons. The van der Waals surface area contributed by atoms with Gasteiger partial charge in [-0.05, 0) is 275 Å². The molecule has 0 spiro atoms. The molecule has 4 saturated carbocycles. The summed E-state index contributed by atoms with van der Waals surface area (Å²) in [7, 11) is 0. The van der Waals surface area contributed by atoms with Gasteiger partial charge >= 0.3 is 159 Å². The zero-order valence-electron chi connectivity index (χ0n) is 86.7. The van der Waals surface area contributed by atoms with Crippen LogP contribution in [-0.2, 0) is 64.6 Å². The van der Waals surface area contributed by atoms with Crippen LogP contribution in [0.4, 0.5) is 19.2 Å². The number of rotatable bonds is 30. The third-order valence-electron chi connectivity index (χ3n) is 21.2. The molecule has 145 heavy (non-hydrogen) atoms. The van der Waals surface area contributed by atoms with Crippen LogP contribution in [0.2, 0.25) is 0 Å². The first kappa shape index (κ1) is 140. The molecule has 28 nitrogen and oxygen atoms in total. The van der Waals surface area contributed by atoms with Gasteiger partial charge in [0.1, 0.15) is 22.4 Å². The van der Waals surface area contributed by atoms with E-state index < -0.39 is 108 Å². The van der Waals surface area contributed by atoms with Crippen molar-refractivity contribution in [3.05, 3.63) is 153 Å². The summed E-state index contributed by atoms with van der Waals surface area (Å²) in [4.78, 5) is 119.